The Balaban J connectivity index is 2.03. The number of nitrogens with two attached hydrogens (primary N) is 1. The Labute approximate surface area is 140 Å². The smallest absolute Gasteiger partial charge is 0.213 e. The molecule has 0 atom stereocenters. The van der Waals surface area contributed by atoms with Crippen LogP contribution in [0, 0.1) is 5.82 Å². The van der Waals surface area contributed by atoms with Crippen LogP contribution in [0.5, 0.6) is 5.75 Å². The average molecular weight is 323 g/mol. The Bertz CT molecular complexity index is 873. The van der Waals surface area contributed by atoms with Crippen LogP contribution in [-0.2, 0) is 6.54 Å². The van der Waals surface area contributed by atoms with Gasteiger partial charge in [0.15, 0.2) is 6.54 Å². The molecule has 0 aliphatic heterocycles. The van der Waals surface area contributed by atoms with Crippen LogP contribution in [0.4, 0.5) is 4.39 Å². The molecule has 1 heterocycles. The fourth-order valence-corrected chi connectivity index (χ4v) is 2.72. The molecule has 0 spiro atoms. The molecule has 3 nitrogen and oxygen atoms in total. The molecule has 0 bridgehead atoms. The highest BCUT2D eigenvalue weighted by Gasteiger charge is 2.13. The number of fused-ring (bicyclic) bond motifs is 1. The van der Waals surface area contributed by atoms with E-state index in [1.165, 1.54) is 12.1 Å². The van der Waals surface area contributed by atoms with E-state index in [4.69, 9.17) is 10.5 Å². The Morgan fingerprint density at radius 1 is 1.04 bits per heavy atom. The molecule has 2 N–H and O–H groups in total. The summed E-state index contributed by atoms with van der Waals surface area (Å²) in [7, 11) is 1.66. The van der Waals surface area contributed by atoms with Gasteiger partial charge >= 0.3 is 0 Å². The van der Waals surface area contributed by atoms with Gasteiger partial charge in [0.25, 0.3) is 0 Å². The van der Waals surface area contributed by atoms with E-state index in [1.54, 1.807) is 19.2 Å². The van der Waals surface area contributed by atoms with Crippen molar-refractivity contribution in [1.82, 2.24) is 0 Å². The molecule has 0 unspecified atom stereocenters. The van der Waals surface area contributed by atoms with Gasteiger partial charge in [-0.05, 0) is 42.0 Å². The van der Waals surface area contributed by atoms with Crippen molar-refractivity contribution < 1.29 is 13.7 Å². The summed E-state index contributed by atoms with van der Waals surface area (Å²) in [5, 5.41) is 1.10. The molecule has 24 heavy (non-hydrogen) atoms. The lowest BCUT2D eigenvalue weighted by atomic mass is 10.1. The zero-order chi connectivity index (χ0) is 16.9. The molecule has 0 aliphatic carbocycles. The molecule has 4 heteroatoms. The maximum Gasteiger partial charge on any atom is 0.213 e. The lowest BCUT2D eigenvalue weighted by Gasteiger charge is -2.06. The van der Waals surface area contributed by atoms with Crippen LogP contribution in [0.2, 0.25) is 0 Å². The standard InChI is InChI=1S/C20H20FN2O/c1-24-19-10-11-20-16(14-19)5-9-18(23(20)13-12-22)8-4-15-2-6-17(21)7-3-15/h2-11,14H,12-13,22H2,1H3/q+1/b8-4+. The number of ether oxygens (including phenoxy) is 1. The zero-order valence-electron chi connectivity index (χ0n) is 13.6. The first kappa shape index (κ1) is 16.1. The minimum Gasteiger partial charge on any atom is -0.497 e. The Kier molecular flexibility index (Phi) is 4.87. The van der Waals surface area contributed by atoms with E-state index < -0.39 is 0 Å². The monoisotopic (exact) mass is 323 g/mol. The van der Waals surface area contributed by atoms with Gasteiger partial charge < -0.3 is 10.5 Å². The van der Waals surface area contributed by atoms with Gasteiger partial charge in [0, 0.05) is 18.2 Å². The Hall–Kier alpha value is -2.72. The predicted molar refractivity (Wildman–Crippen MR) is 95.1 cm³/mol. The largest absolute Gasteiger partial charge is 0.497 e. The highest BCUT2D eigenvalue weighted by atomic mass is 19.1. The SMILES string of the molecule is COc1ccc2c(ccc(/C=C/c3ccc(F)cc3)[n+]2CCN)c1. The summed E-state index contributed by atoms with van der Waals surface area (Å²) in [6.45, 7) is 1.26. The van der Waals surface area contributed by atoms with E-state index in [0.29, 0.717) is 13.1 Å². The van der Waals surface area contributed by atoms with Gasteiger partial charge in [0.1, 0.15) is 11.6 Å². The molecule has 122 valence electrons. The highest BCUT2D eigenvalue weighted by molar-refractivity contribution is 5.79. The minimum absolute atomic E-state index is 0.231. The van der Waals surface area contributed by atoms with Crippen molar-refractivity contribution in [2.75, 3.05) is 13.7 Å². The molecule has 2 aromatic carbocycles. The molecular formula is C20H20FN2O+. The average Bonchev–Trinajstić information content (AvgIpc) is 2.62. The quantitative estimate of drug-likeness (QED) is 0.731. The first-order valence-corrected chi connectivity index (χ1v) is 7.85. The topological polar surface area (TPSA) is 39.1 Å². The summed E-state index contributed by atoms with van der Waals surface area (Å²) in [6, 6.07) is 16.5. The van der Waals surface area contributed by atoms with E-state index >= 15 is 0 Å². The van der Waals surface area contributed by atoms with Gasteiger partial charge in [0.2, 0.25) is 11.2 Å². The van der Waals surface area contributed by atoms with Gasteiger partial charge in [-0.25, -0.2) is 4.39 Å². The van der Waals surface area contributed by atoms with Crippen LogP contribution < -0.4 is 15.0 Å². The van der Waals surface area contributed by atoms with E-state index in [2.05, 4.69) is 16.7 Å². The second-order valence-electron chi connectivity index (χ2n) is 5.51. The van der Waals surface area contributed by atoms with Crippen molar-refractivity contribution in [1.29, 1.82) is 0 Å². The normalized spacial score (nSPS) is 11.3. The molecule has 0 radical (unpaired) electrons. The summed E-state index contributed by atoms with van der Waals surface area (Å²) in [4.78, 5) is 0. The maximum absolute atomic E-state index is 13.0. The van der Waals surface area contributed by atoms with E-state index in [1.807, 2.05) is 30.4 Å². The van der Waals surface area contributed by atoms with Crippen LogP contribution in [-0.4, -0.2) is 13.7 Å². The minimum atomic E-state index is -0.231. The van der Waals surface area contributed by atoms with E-state index in [0.717, 1.165) is 27.9 Å². The lowest BCUT2D eigenvalue weighted by Crippen LogP contribution is -2.41. The molecule has 3 rings (SSSR count). The van der Waals surface area contributed by atoms with Crippen molar-refractivity contribution in [2.45, 2.75) is 6.54 Å². The van der Waals surface area contributed by atoms with Crippen LogP contribution in [0.25, 0.3) is 23.1 Å². The van der Waals surface area contributed by atoms with Gasteiger partial charge in [-0.1, -0.05) is 12.1 Å². The van der Waals surface area contributed by atoms with E-state index in [-0.39, 0.29) is 5.82 Å². The van der Waals surface area contributed by atoms with Crippen molar-refractivity contribution >= 4 is 23.1 Å². The van der Waals surface area contributed by atoms with Crippen LogP contribution >= 0.6 is 0 Å². The number of nitrogens with zero attached hydrogens (tertiary/aromatic N) is 1. The molecule has 0 saturated heterocycles. The Morgan fingerprint density at radius 3 is 2.54 bits per heavy atom. The number of pyridine rings is 1. The van der Waals surface area contributed by atoms with Crippen molar-refractivity contribution in [3.63, 3.8) is 0 Å². The molecular weight excluding hydrogens is 303 g/mol. The third-order valence-corrected chi connectivity index (χ3v) is 3.94. The van der Waals surface area contributed by atoms with E-state index in [9.17, 15) is 4.39 Å². The fourth-order valence-electron chi connectivity index (χ4n) is 2.72. The highest BCUT2D eigenvalue weighted by Crippen LogP contribution is 2.19. The predicted octanol–water partition coefficient (Wildman–Crippen LogP) is 3.40. The van der Waals surface area contributed by atoms with Crippen LogP contribution in [0.3, 0.4) is 0 Å². The number of hydrogen-bond acceptors (Lipinski definition) is 2. The first-order valence-electron chi connectivity index (χ1n) is 7.85. The molecule has 3 aromatic rings. The molecule has 1 aromatic heterocycles. The number of aromatic nitrogens is 1. The second kappa shape index (κ2) is 7.23. The summed E-state index contributed by atoms with van der Waals surface area (Å²) in [6.07, 6.45) is 3.99. The van der Waals surface area contributed by atoms with Gasteiger partial charge in [-0.3, -0.25) is 0 Å². The molecule has 0 saturated carbocycles. The summed E-state index contributed by atoms with van der Waals surface area (Å²) >= 11 is 0. The molecule has 0 fully saturated rings. The van der Waals surface area contributed by atoms with Gasteiger partial charge in [0.05, 0.1) is 19.0 Å². The Morgan fingerprint density at radius 2 is 1.83 bits per heavy atom. The summed E-state index contributed by atoms with van der Waals surface area (Å²) in [5.74, 6) is 0.599. The third kappa shape index (κ3) is 3.44. The number of methoxy groups -OCH3 is 1. The molecule has 0 aliphatic rings. The lowest BCUT2D eigenvalue weighted by molar-refractivity contribution is -0.670. The number of hydrogen-bond donors (Lipinski definition) is 1. The van der Waals surface area contributed by atoms with Crippen LogP contribution in [0.1, 0.15) is 11.3 Å². The second-order valence-corrected chi connectivity index (χ2v) is 5.51. The number of benzene rings is 2. The first-order chi connectivity index (χ1) is 11.7. The number of rotatable bonds is 5. The summed E-state index contributed by atoms with van der Waals surface area (Å²) < 4.78 is 20.5. The van der Waals surface area contributed by atoms with Crippen molar-refractivity contribution in [3.05, 3.63) is 71.7 Å². The summed E-state index contributed by atoms with van der Waals surface area (Å²) in [5.41, 5.74) is 8.88. The van der Waals surface area contributed by atoms with Crippen molar-refractivity contribution in [2.24, 2.45) is 5.73 Å². The molecule has 0 amide bonds. The van der Waals surface area contributed by atoms with Crippen molar-refractivity contribution in [3.8, 4) is 5.75 Å². The third-order valence-electron chi connectivity index (χ3n) is 3.94. The van der Waals surface area contributed by atoms with Gasteiger partial charge in [-0.2, -0.15) is 4.57 Å². The maximum atomic E-state index is 13.0. The van der Waals surface area contributed by atoms with Crippen LogP contribution in [0.15, 0.2) is 54.6 Å². The number of halogens is 1. The fraction of sp³-hybridized carbons (Fsp3) is 0.150. The zero-order valence-corrected chi connectivity index (χ0v) is 13.6. The van der Waals surface area contributed by atoms with Gasteiger partial charge in [-0.15, -0.1) is 0 Å².